The van der Waals surface area contributed by atoms with Crippen molar-refractivity contribution in [2.75, 3.05) is 6.61 Å². The fraction of sp³-hybridized carbons (Fsp3) is 0.182. The zero-order chi connectivity index (χ0) is 12.8. The summed E-state index contributed by atoms with van der Waals surface area (Å²) < 4.78 is 5.17. The Kier molecular flexibility index (Phi) is 4.06. The molecule has 0 saturated heterocycles. The molecule has 6 heteroatoms. The molecule has 0 bridgehead atoms. The third-order valence-corrected chi connectivity index (χ3v) is 1.94. The van der Waals surface area contributed by atoms with Crippen molar-refractivity contribution >= 4 is 11.9 Å². The number of nitriles is 1. The molecule has 0 fully saturated rings. The van der Waals surface area contributed by atoms with E-state index >= 15 is 0 Å². The lowest BCUT2D eigenvalue weighted by Crippen LogP contribution is -2.38. The predicted octanol–water partition coefficient (Wildman–Crippen LogP) is 0.440. The number of hydrogen-bond donors (Lipinski definition) is 2. The maximum atomic E-state index is 11.1. The number of ether oxygens (including phenoxy) is 1. The Labute approximate surface area is 98.0 Å². The summed E-state index contributed by atoms with van der Waals surface area (Å²) in [4.78, 5) is 21.5. The lowest BCUT2D eigenvalue weighted by molar-refractivity contribution is -0.121. The van der Waals surface area contributed by atoms with Gasteiger partial charge < -0.3 is 10.5 Å². The molecule has 0 atom stereocenters. The molecule has 0 aliphatic carbocycles. The average molecular weight is 233 g/mol. The summed E-state index contributed by atoms with van der Waals surface area (Å²) in [5.41, 5.74) is 5.99. The molecule has 6 nitrogen and oxygen atoms in total. The molecule has 1 aromatic rings. The fourth-order valence-electron chi connectivity index (χ4n) is 1.14. The first-order valence-corrected chi connectivity index (χ1v) is 4.75. The van der Waals surface area contributed by atoms with Gasteiger partial charge in [-0.1, -0.05) is 6.07 Å². The smallest absolute Gasteiger partial charge is 0.318 e. The maximum Gasteiger partial charge on any atom is 0.318 e. The minimum Gasteiger partial charge on any atom is -0.483 e. The number of imide groups is 1. The predicted molar refractivity (Wildman–Crippen MR) is 59.1 cm³/mol. The van der Waals surface area contributed by atoms with Crippen LogP contribution in [0, 0.1) is 18.3 Å². The van der Waals surface area contributed by atoms with Crippen LogP contribution >= 0.6 is 0 Å². The molecule has 0 spiro atoms. The third-order valence-electron chi connectivity index (χ3n) is 1.94. The van der Waals surface area contributed by atoms with E-state index in [1.165, 1.54) is 6.07 Å². The lowest BCUT2D eigenvalue weighted by atomic mass is 10.1. The van der Waals surface area contributed by atoms with Gasteiger partial charge in [-0.3, -0.25) is 10.1 Å². The van der Waals surface area contributed by atoms with Gasteiger partial charge in [0, 0.05) is 0 Å². The SMILES string of the molecule is Cc1ccc(C#N)cc1OCC(=O)NC(N)=O. The molecule has 0 aliphatic heterocycles. The first-order valence-electron chi connectivity index (χ1n) is 4.75. The molecular formula is C11H11N3O3. The summed E-state index contributed by atoms with van der Waals surface area (Å²) in [6.45, 7) is 1.45. The highest BCUT2D eigenvalue weighted by Crippen LogP contribution is 2.18. The molecule has 1 rings (SSSR count). The molecule has 0 aliphatic rings. The van der Waals surface area contributed by atoms with Gasteiger partial charge in [-0.15, -0.1) is 0 Å². The number of primary amides is 1. The number of carbonyl (C=O) groups is 2. The highest BCUT2D eigenvalue weighted by Gasteiger charge is 2.07. The number of rotatable bonds is 3. The van der Waals surface area contributed by atoms with Gasteiger partial charge in [0.1, 0.15) is 5.75 Å². The average Bonchev–Trinajstić information content (AvgIpc) is 2.27. The minimum absolute atomic E-state index is 0.335. The Balaban J connectivity index is 2.66. The van der Waals surface area contributed by atoms with Gasteiger partial charge in [0.25, 0.3) is 5.91 Å². The Hall–Kier alpha value is -2.55. The highest BCUT2D eigenvalue weighted by atomic mass is 16.5. The van der Waals surface area contributed by atoms with Crippen molar-refractivity contribution in [2.45, 2.75) is 6.92 Å². The molecule has 0 aromatic heterocycles. The Morgan fingerprint density at radius 2 is 2.24 bits per heavy atom. The van der Waals surface area contributed by atoms with Crippen LogP contribution < -0.4 is 15.8 Å². The van der Waals surface area contributed by atoms with E-state index < -0.39 is 11.9 Å². The van der Waals surface area contributed by atoms with Crippen molar-refractivity contribution < 1.29 is 14.3 Å². The van der Waals surface area contributed by atoms with E-state index in [0.29, 0.717) is 11.3 Å². The van der Waals surface area contributed by atoms with Crippen LogP contribution in [0.1, 0.15) is 11.1 Å². The van der Waals surface area contributed by atoms with E-state index in [-0.39, 0.29) is 6.61 Å². The Morgan fingerprint density at radius 1 is 1.53 bits per heavy atom. The van der Waals surface area contributed by atoms with Gasteiger partial charge >= 0.3 is 6.03 Å². The van der Waals surface area contributed by atoms with Crippen LogP contribution in [0.2, 0.25) is 0 Å². The highest BCUT2D eigenvalue weighted by molar-refractivity contribution is 5.94. The quantitative estimate of drug-likeness (QED) is 0.790. The van der Waals surface area contributed by atoms with Gasteiger partial charge in [-0.25, -0.2) is 4.79 Å². The molecule has 0 unspecified atom stereocenters. The number of nitrogens with zero attached hydrogens (tertiary/aromatic N) is 1. The van der Waals surface area contributed by atoms with E-state index in [4.69, 9.17) is 15.7 Å². The molecule has 3 amide bonds. The van der Waals surface area contributed by atoms with Crippen molar-refractivity contribution in [1.82, 2.24) is 5.32 Å². The van der Waals surface area contributed by atoms with Gasteiger partial charge in [-0.2, -0.15) is 5.26 Å². The van der Waals surface area contributed by atoms with Gasteiger partial charge in [0.05, 0.1) is 11.6 Å². The van der Waals surface area contributed by atoms with Crippen LogP contribution in [0.3, 0.4) is 0 Å². The number of nitrogens with one attached hydrogen (secondary N) is 1. The molecule has 3 N–H and O–H groups in total. The summed E-state index contributed by atoms with van der Waals surface area (Å²) in [6, 6.07) is 5.90. The van der Waals surface area contributed by atoms with Crippen molar-refractivity contribution in [3.63, 3.8) is 0 Å². The number of benzene rings is 1. The van der Waals surface area contributed by atoms with Crippen LogP contribution in [0.15, 0.2) is 18.2 Å². The van der Waals surface area contributed by atoms with E-state index in [9.17, 15) is 9.59 Å². The number of aryl methyl sites for hydroxylation is 1. The largest absolute Gasteiger partial charge is 0.483 e. The first kappa shape index (κ1) is 12.5. The number of nitrogens with two attached hydrogens (primary N) is 1. The van der Waals surface area contributed by atoms with E-state index in [1.54, 1.807) is 19.1 Å². The standard InChI is InChI=1S/C11H11N3O3/c1-7-2-3-8(5-12)4-9(7)17-6-10(15)14-11(13)16/h2-4H,6H2,1H3,(H3,13,14,15,16). The molecule has 0 heterocycles. The number of urea groups is 1. The maximum absolute atomic E-state index is 11.1. The van der Waals surface area contributed by atoms with Gasteiger partial charge in [-0.05, 0) is 24.6 Å². The molecule has 88 valence electrons. The summed E-state index contributed by atoms with van der Waals surface area (Å²) in [7, 11) is 0. The first-order chi connectivity index (χ1) is 8.02. The number of amides is 3. The summed E-state index contributed by atoms with van der Waals surface area (Å²) in [6.07, 6.45) is 0. The monoisotopic (exact) mass is 233 g/mol. The fourth-order valence-corrected chi connectivity index (χ4v) is 1.14. The molecule has 17 heavy (non-hydrogen) atoms. The summed E-state index contributed by atoms with van der Waals surface area (Å²) in [5.74, 6) is -0.220. The molecule has 1 aromatic carbocycles. The second-order valence-electron chi connectivity index (χ2n) is 3.29. The van der Waals surface area contributed by atoms with Crippen LogP contribution in [0.25, 0.3) is 0 Å². The van der Waals surface area contributed by atoms with Crippen LogP contribution in [0.4, 0.5) is 4.79 Å². The zero-order valence-corrected chi connectivity index (χ0v) is 9.19. The lowest BCUT2D eigenvalue weighted by Gasteiger charge is -2.08. The van der Waals surface area contributed by atoms with Gasteiger partial charge in [0.2, 0.25) is 0 Å². The van der Waals surface area contributed by atoms with Crippen LogP contribution in [0.5, 0.6) is 5.75 Å². The van der Waals surface area contributed by atoms with Crippen LogP contribution in [-0.4, -0.2) is 18.5 Å². The van der Waals surface area contributed by atoms with E-state index in [1.807, 2.05) is 11.4 Å². The van der Waals surface area contributed by atoms with Crippen molar-refractivity contribution in [2.24, 2.45) is 5.73 Å². The Bertz CT molecular complexity index is 491. The Morgan fingerprint density at radius 3 is 2.82 bits per heavy atom. The summed E-state index contributed by atoms with van der Waals surface area (Å²) >= 11 is 0. The topological polar surface area (TPSA) is 105 Å². The van der Waals surface area contributed by atoms with Crippen molar-refractivity contribution in [1.29, 1.82) is 5.26 Å². The van der Waals surface area contributed by atoms with E-state index in [0.717, 1.165) is 5.56 Å². The summed E-state index contributed by atoms with van der Waals surface area (Å²) in [5, 5.41) is 10.6. The van der Waals surface area contributed by atoms with Crippen molar-refractivity contribution in [3.8, 4) is 11.8 Å². The molecular weight excluding hydrogens is 222 g/mol. The van der Waals surface area contributed by atoms with Gasteiger partial charge in [0.15, 0.2) is 6.61 Å². The second kappa shape index (κ2) is 5.51. The van der Waals surface area contributed by atoms with Crippen molar-refractivity contribution in [3.05, 3.63) is 29.3 Å². The second-order valence-corrected chi connectivity index (χ2v) is 3.29. The zero-order valence-electron chi connectivity index (χ0n) is 9.19. The minimum atomic E-state index is -0.930. The van der Waals surface area contributed by atoms with E-state index in [2.05, 4.69) is 0 Å². The van der Waals surface area contributed by atoms with Crippen LogP contribution in [-0.2, 0) is 4.79 Å². The number of hydrogen-bond acceptors (Lipinski definition) is 4. The number of carbonyl (C=O) groups excluding carboxylic acids is 2. The molecule has 0 saturated carbocycles. The normalized spacial score (nSPS) is 9.18. The third kappa shape index (κ3) is 3.83. The molecule has 0 radical (unpaired) electrons.